The number of carbonyl (C=O) groups excluding carboxylic acids is 1. The third-order valence-electron chi connectivity index (χ3n) is 5.59. The second-order valence-corrected chi connectivity index (χ2v) is 7.92. The number of hydrogen-bond acceptors (Lipinski definition) is 4. The van der Waals surface area contributed by atoms with Crippen LogP contribution in [0.2, 0.25) is 0 Å². The fourth-order valence-corrected chi connectivity index (χ4v) is 3.86. The molecule has 3 heterocycles. The second-order valence-electron chi connectivity index (χ2n) is 7.92. The summed E-state index contributed by atoms with van der Waals surface area (Å²) in [5.74, 6) is -0.0409. The summed E-state index contributed by atoms with van der Waals surface area (Å²) in [6.07, 6.45) is -0.973. The summed E-state index contributed by atoms with van der Waals surface area (Å²) in [7, 11) is 1.85. The van der Waals surface area contributed by atoms with E-state index in [9.17, 15) is 18.0 Å². The van der Waals surface area contributed by atoms with Gasteiger partial charge in [-0.1, -0.05) is 12.1 Å². The molecule has 3 aromatic heterocycles. The van der Waals surface area contributed by atoms with Crippen molar-refractivity contribution >= 4 is 45.0 Å². The Balaban J connectivity index is 1.43. The van der Waals surface area contributed by atoms with Gasteiger partial charge in [0.2, 0.25) is 0 Å². The minimum absolute atomic E-state index is 0.0813. The first-order valence-electron chi connectivity index (χ1n) is 10.4. The summed E-state index contributed by atoms with van der Waals surface area (Å²) in [6.45, 7) is 1.90. The summed E-state index contributed by atoms with van der Waals surface area (Å²) in [5, 5.41) is 12.3. The molecule has 10 heteroatoms. The van der Waals surface area contributed by atoms with Gasteiger partial charge in [-0.2, -0.15) is 18.3 Å². The van der Waals surface area contributed by atoms with Gasteiger partial charge in [0.1, 0.15) is 5.65 Å². The molecule has 34 heavy (non-hydrogen) atoms. The highest BCUT2D eigenvalue weighted by molar-refractivity contribution is 6.07. The number of hydrogen-bond donors (Lipinski definition) is 3. The number of carbonyl (C=O) groups is 1. The van der Waals surface area contributed by atoms with Crippen LogP contribution in [-0.4, -0.2) is 25.7 Å². The molecule has 0 radical (unpaired) electrons. The summed E-state index contributed by atoms with van der Waals surface area (Å²) in [6, 6.07) is 11.4. The van der Waals surface area contributed by atoms with Crippen molar-refractivity contribution in [2.75, 3.05) is 10.6 Å². The molecule has 0 aliphatic heterocycles. The summed E-state index contributed by atoms with van der Waals surface area (Å²) < 4.78 is 40.7. The number of amides is 1. The summed E-state index contributed by atoms with van der Waals surface area (Å²) in [5.41, 5.74) is 2.74. The van der Waals surface area contributed by atoms with Crippen molar-refractivity contribution in [2.45, 2.75) is 13.1 Å². The normalized spacial score (nSPS) is 11.8. The Morgan fingerprint density at radius 2 is 1.91 bits per heavy atom. The molecule has 0 saturated heterocycles. The first kappa shape index (κ1) is 21.5. The van der Waals surface area contributed by atoms with Gasteiger partial charge in [0.15, 0.2) is 5.82 Å². The number of anilines is 3. The SMILES string of the molecule is Cc1ccc(NC(=O)c2cccc(C(F)(F)F)c2)cc1Nc1nn(C)c2c1cnc1[nH]ccc12. The van der Waals surface area contributed by atoms with Crippen LogP contribution in [0.3, 0.4) is 0 Å². The van der Waals surface area contributed by atoms with E-state index in [4.69, 9.17) is 0 Å². The lowest BCUT2D eigenvalue weighted by Crippen LogP contribution is -2.14. The molecule has 1 amide bonds. The average molecular weight is 464 g/mol. The van der Waals surface area contributed by atoms with Gasteiger partial charge in [-0.3, -0.25) is 9.48 Å². The Hall–Kier alpha value is -4.34. The van der Waals surface area contributed by atoms with E-state index in [1.807, 2.05) is 26.2 Å². The Kier molecular flexibility index (Phi) is 5.00. The van der Waals surface area contributed by atoms with E-state index >= 15 is 0 Å². The van der Waals surface area contributed by atoms with Crippen LogP contribution >= 0.6 is 0 Å². The topological polar surface area (TPSA) is 87.6 Å². The number of H-pyrrole nitrogens is 1. The number of nitrogens with zero attached hydrogens (tertiary/aromatic N) is 3. The molecule has 172 valence electrons. The van der Waals surface area contributed by atoms with Crippen LogP contribution in [0.4, 0.5) is 30.4 Å². The molecule has 0 saturated carbocycles. The Bertz CT molecular complexity index is 1550. The average Bonchev–Trinajstić information content (AvgIpc) is 3.39. The molecule has 0 fully saturated rings. The second kappa shape index (κ2) is 7.91. The zero-order chi connectivity index (χ0) is 24.0. The fraction of sp³-hybridized carbons (Fsp3) is 0.125. The van der Waals surface area contributed by atoms with Crippen LogP contribution in [0.25, 0.3) is 21.9 Å². The molecule has 0 spiro atoms. The number of halogens is 3. The maximum Gasteiger partial charge on any atom is 0.416 e. The van der Waals surface area contributed by atoms with E-state index in [0.717, 1.165) is 39.6 Å². The number of fused-ring (bicyclic) bond motifs is 3. The zero-order valence-corrected chi connectivity index (χ0v) is 18.2. The van der Waals surface area contributed by atoms with Crippen molar-refractivity contribution in [2.24, 2.45) is 7.05 Å². The van der Waals surface area contributed by atoms with Gasteiger partial charge in [-0.05, 0) is 48.9 Å². The molecule has 0 aliphatic rings. The molecule has 5 rings (SSSR count). The van der Waals surface area contributed by atoms with Crippen LogP contribution in [0.1, 0.15) is 21.5 Å². The molecule has 7 nitrogen and oxygen atoms in total. The fourth-order valence-electron chi connectivity index (χ4n) is 3.86. The monoisotopic (exact) mass is 464 g/mol. The smallest absolute Gasteiger partial charge is 0.346 e. The predicted octanol–water partition coefficient (Wildman–Crippen LogP) is 5.77. The molecule has 0 atom stereocenters. The minimum Gasteiger partial charge on any atom is -0.346 e. The molecule has 5 aromatic rings. The maximum atomic E-state index is 13.0. The lowest BCUT2D eigenvalue weighted by molar-refractivity contribution is -0.137. The molecular weight excluding hydrogens is 445 g/mol. The molecule has 0 bridgehead atoms. The molecule has 0 aliphatic carbocycles. The van der Waals surface area contributed by atoms with Crippen LogP contribution in [-0.2, 0) is 13.2 Å². The van der Waals surface area contributed by atoms with Crippen LogP contribution in [0.5, 0.6) is 0 Å². The van der Waals surface area contributed by atoms with Gasteiger partial charge in [-0.15, -0.1) is 0 Å². The predicted molar refractivity (Wildman–Crippen MR) is 124 cm³/mol. The van der Waals surface area contributed by atoms with E-state index in [1.54, 1.807) is 29.1 Å². The van der Waals surface area contributed by atoms with Crippen molar-refractivity contribution in [3.8, 4) is 0 Å². The summed E-state index contributed by atoms with van der Waals surface area (Å²) >= 11 is 0. The van der Waals surface area contributed by atoms with E-state index in [0.29, 0.717) is 17.2 Å². The Morgan fingerprint density at radius 1 is 1.09 bits per heavy atom. The Labute approximate surface area is 191 Å². The number of pyridine rings is 1. The van der Waals surface area contributed by atoms with Crippen molar-refractivity contribution in [1.29, 1.82) is 0 Å². The molecule has 0 unspecified atom stereocenters. The lowest BCUT2D eigenvalue weighted by atomic mass is 10.1. The van der Waals surface area contributed by atoms with Crippen LogP contribution < -0.4 is 10.6 Å². The van der Waals surface area contributed by atoms with Gasteiger partial charge < -0.3 is 15.6 Å². The van der Waals surface area contributed by atoms with Crippen molar-refractivity contribution in [3.63, 3.8) is 0 Å². The number of rotatable bonds is 4. The molecule has 2 aromatic carbocycles. The highest BCUT2D eigenvalue weighted by atomic mass is 19.4. The van der Waals surface area contributed by atoms with Gasteiger partial charge in [0, 0.05) is 41.8 Å². The van der Waals surface area contributed by atoms with Crippen molar-refractivity contribution in [3.05, 3.63) is 77.6 Å². The number of benzene rings is 2. The highest BCUT2D eigenvalue weighted by Gasteiger charge is 2.30. The van der Waals surface area contributed by atoms with Crippen LogP contribution in [0, 0.1) is 6.92 Å². The zero-order valence-electron chi connectivity index (χ0n) is 18.2. The number of aryl methyl sites for hydroxylation is 2. The largest absolute Gasteiger partial charge is 0.416 e. The van der Waals surface area contributed by atoms with Gasteiger partial charge >= 0.3 is 6.18 Å². The third kappa shape index (κ3) is 3.83. The number of aromatic nitrogens is 4. The van der Waals surface area contributed by atoms with Crippen LogP contribution in [0.15, 0.2) is 60.9 Å². The number of nitrogens with one attached hydrogen (secondary N) is 3. The standard InChI is InChI=1S/C24H19F3N6O/c1-13-6-7-16(30-23(34)14-4-3-5-15(10-14)24(25,26)27)11-19(13)31-22-18-12-29-21-17(8-9-28-21)20(18)33(2)32-22/h3-12H,1-2H3,(H,28,29)(H,30,34)(H,31,32). The lowest BCUT2D eigenvalue weighted by Gasteiger charge is -2.12. The van der Waals surface area contributed by atoms with E-state index in [2.05, 4.69) is 25.7 Å². The number of aromatic amines is 1. The maximum absolute atomic E-state index is 13.0. The number of alkyl halides is 3. The molecular formula is C24H19F3N6O. The van der Waals surface area contributed by atoms with Crippen molar-refractivity contribution in [1.82, 2.24) is 19.7 Å². The van der Waals surface area contributed by atoms with E-state index in [1.165, 1.54) is 12.1 Å². The Morgan fingerprint density at radius 3 is 2.71 bits per heavy atom. The van der Waals surface area contributed by atoms with Gasteiger partial charge in [-0.25, -0.2) is 4.98 Å². The van der Waals surface area contributed by atoms with Gasteiger partial charge in [0.05, 0.1) is 16.5 Å². The van der Waals surface area contributed by atoms with E-state index in [-0.39, 0.29) is 5.56 Å². The first-order chi connectivity index (χ1) is 16.2. The molecule has 3 N–H and O–H groups in total. The minimum atomic E-state index is -4.52. The van der Waals surface area contributed by atoms with Gasteiger partial charge in [0.25, 0.3) is 5.91 Å². The van der Waals surface area contributed by atoms with E-state index < -0.39 is 17.6 Å². The van der Waals surface area contributed by atoms with Crippen molar-refractivity contribution < 1.29 is 18.0 Å². The third-order valence-corrected chi connectivity index (χ3v) is 5.59. The first-order valence-corrected chi connectivity index (χ1v) is 10.4. The summed E-state index contributed by atoms with van der Waals surface area (Å²) in [4.78, 5) is 20.1. The highest BCUT2D eigenvalue weighted by Crippen LogP contribution is 2.32. The quantitative estimate of drug-likeness (QED) is 0.315.